The van der Waals surface area contributed by atoms with E-state index in [1.54, 1.807) is 0 Å². The molecule has 0 spiro atoms. The molecule has 7 nitrogen and oxygen atoms in total. The second kappa shape index (κ2) is 9.77. The molecule has 2 aromatic rings. The van der Waals surface area contributed by atoms with Crippen LogP contribution in [0, 0.1) is 13.8 Å². The van der Waals surface area contributed by atoms with Gasteiger partial charge < -0.3 is 9.80 Å². The average Bonchev–Trinajstić information content (AvgIpc) is 2.81. The van der Waals surface area contributed by atoms with Gasteiger partial charge in [0, 0.05) is 64.0 Å². The molecule has 0 bridgehead atoms. The number of aryl methyl sites for hydroxylation is 2. The van der Waals surface area contributed by atoms with Gasteiger partial charge in [-0.05, 0) is 43.9 Å². The molecule has 3 fully saturated rings. The van der Waals surface area contributed by atoms with Gasteiger partial charge in [0.05, 0.1) is 24.6 Å². The molecule has 5 rings (SSSR count). The Balaban J connectivity index is 1.09. The van der Waals surface area contributed by atoms with Crippen LogP contribution in [0.4, 0.5) is 5.82 Å². The van der Waals surface area contributed by atoms with E-state index in [1.807, 2.05) is 12.4 Å². The largest absolute Gasteiger partial charge is 0.353 e. The summed E-state index contributed by atoms with van der Waals surface area (Å²) in [6.07, 6.45) is 7.82. The van der Waals surface area contributed by atoms with E-state index >= 15 is 0 Å². The predicted molar refractivity (Wildman–Crippen MR) is 131 cm³/mol. The minimum absolute atomic E-state index is 0.286. The topological polar surface area (TPSA) is 55.8 Å². The summed E-state index contributed by atoms with van der Waals surface area (Å²) < 4.78 is 0. The summed E-state index contributed by atoms with van der Waals surface area (Å²) in [7, 11) is 0. The molecule has 2 saturated heterocycles. The van der Waals surface area contributed by atoms with Crippen molar-refractivity contribution in [2.75, 3.05) is 63.8 Å². The molecule has 1 amide bonds. The molecule has 33 heavy (non-hydrogen) atoms. The molecule has 0 N–H and O–H groups in total. The van der Waals surface area contributed by atoms with E-state index in [0.717, 1.165) is 75.5 Å². The third-order valence-corrected chi connectivity index (χ3v) is 7.75. The maximum atomic E-state index is 12.8. The molecular formula is C26H36N6O. The lowest BCUT2D eigenvalue weighted by atomic mass is 9.91. The van der Waals surface area contributed by atoms with Crippen molar-refractivity contribution in [3.05, 3.63) is 41.7 Å². The maximum Gasteiger partial charge on any atom is 0.236 e. The van der Waals surface area contributed by atoms with Crippen molar-refractivity contribution in [1.29, 1.82) is 0 Å². The third kappa shape index (κ3) is 5.04. The number of rotatable bonds is 5. The molecule has 1 saturated carbocycles. The van der Waals surface area contributed by atoms with Gasteiger partial charge in [0.2, 0.25) is 5.91 Å². The molecule has 0 atom stereocenters. The molecule has 3 heterocycles. The number of aromatic nitrogens is 2. The lowest BCUT2D eigenvalue weighted by Gasteiger charge is -2.43. The highest BCUT2D eigenvalue weighted by molar-refractivity contribution is 5.78. The van der Waals surface area contributed by atoms with Gasteiger partial charge in [-0.3, -0.25) is 19.6 Å². The van der Waals surface area contributed by atoms with Crippen LogP contribution in [0.15, 0.2) is 30.6 Å². The number of nitrogens with zero attached hydrogens (tertiary/aromatic N) is 6. The quantitative estimate of drug-likeness (QED) is 0.701. The number of benzene rings is 1. The Morgan fingerprint density at radius 3 is 2.27 bits per heavy atom. The molecule has 176 valence electrons. The van der Waals surface area contributed by atoms with Crippen LogP contribution in [0.1, 0.15) is 30.4 Å². The molecule has 0 radical (unpaired) electrons. The molecule has 1 aromatic carbocycles. The first-order chi connectivity index (χ1) is 16.1. The summed E-state index contributed by atoms with van der Waals surface area (Å²) >= 11 is 0. The van der Waals surface area contributed by atoms with Crippen molar-refractivity contribution in [3.63, 3.8) is 0 Å². The summed E-state index contributed by atoms with van der Waals surface area (Å²) in [5.74, 6) is 1.20. The molecule has 2 aliphatic heterocycles. The van der Waals surface area contributed by atoms with Crippen LogP contribution in [-0.4, -0.2) is 95.5 Å². The molecule has 1 aromatic heterocycles. The van der Waals surface area contributed by atoms with Gasteiger partial charge in [0.1, 0.15) is 5.82 Å². The van der Waals surface area contributed by atoms with Crippen molar-refractivity contribution >= 4 is 11.7 Å². The lowest BCUT2D eigenvalue weighted by molar-refractivity contribution is -0.134. The van der Waals surface area contributed by atoms with Crippen LogP contribution in [0.2, 0.25) is 0 Å². The van der Waals surface area contributed by atoms with Crippen molar-refractivity contribution in [2.24, 2.45) is 0 Å². The smallest absolute Gasteiger partial charge is 0.236 e. The van der Waals surface area contributed by atoms with Gasteiger partial charge in [-0.1, -0.05) is 18.6 Å². The van der Waals surface area contributed by atoms with Crippen molar-refractivity contribution in [1.82, 2.24) is 24.7 Å². The third-order valence-electron chi connectivity index (χ3n) is 7.75. The zero-order valence-electron chi connectivity index (χ0n) is 20.0. The Morgan fingerprint density at radius 2 is 1.67 bits per heavy atom. The number of piperazine rings is 2. The van der Waals surface area contributed by atoms with Gasteiger partial charge in [-0.15, -0.1) is 0 Å². The van der Waals surface area contributed by atoms with Crippen molar-refractivity contribution in [3.8, 4) is 11.3 Å². The van der Waals surface area contributed by atoms with Gasteiger partial charge in [-0.25, -0.2) is 4.98 Å². The molecular weight excluding hydrogens is 412 g/mol. The highest BCUT2D eigenvalue weighted by Crippen LogP contribution is 2.25. The maximum absolute atomic E-state index is 12.8. The molecule has 1 aliphatic carbocycles. The first-order valence-electron chi connectivity index (χ1n) is 12.5. The summed E-state index contributed by atoms with van der Waals surface area (Å²) in [6.45, 7) is 12.2. The minimum atomic E-state index is 0.286. The van der Waals surface area contributed by atoms with Crippen molar-refractivity contribution < 1.29 is 4.79 Å². The summed E-state index contributed by atoms with van der Waals surface area (Å²) in [6, 6.07) is 7.19. The highest BCUT2D eigenvalue weighted by Gasteiger charge is 2.30. The van der Waals surface area contributed by atoms with E-state index in [-0.39, 0.29) is 5.91 Å². The van der Waals surface area contributed by atoms with E-state index in [1.165, 1.54) is 30.4 Å². The van der Waals surface area contributed by atoms with Crippen LogP contribution >= 0.6 is 0 Å². The number of anilines is 1. The average molecular weight is 449 g/mol. The van der Waals surface area contributed by atoms with E-state index in [0.29, 0.717) is 6.54 Å². The fourth-order valence-electron chi connectivity index (χ4n) is 5.05. The Kier molecular flexibility index (Phi) is 6.60. The van der Waals surface area contributed by atoms with Crippen LogP contribution in [0.5, 0.6) is 0 Å². The van der Waals surface area contributed by atoms with E-state index in [2.05, 4.69) is 61.6 Å². The lowest BCUT2D eigenvalue weighted by Crippen LogP contribution is -2.56. The Hall–Kier alpha value is -2.51. The van der Waals surface area contributed by atoms with Gasteiger partial charge in [-0.2, -0.15) is 0 Å². The summed E-state index contributed by atoms with van der Waals surface area (Å²) in [4.78, 5) is 31.4. The minimum Gasteiger partial charge on any atom is -0.353 e. The molecule has 7 heteroatoms. The number of carbonyl (C=O) groups excluding carboxylic acids is 1. The number of hydrogen-bond donors (Lipinski definition) is 0. The molecule has 0 unspecified atom stereocenters. The summed E-state index contributed by atoms with van der Waals surface area (Å²) in [5, 5.41) is 0. The first kappa shape index (κ1) is 22.3. The van der Waals surface area contributed by atoms with E-state index < -0.39 is 0 Å². The number of carbonyl (C=O) groups is 1. The second-order valence-electron chi connectivity index (χ2n) is 9.82. The monoisotopic (exact) mass is 448 g/mol. The van der Waals surface area contributed by atoms with Crippen LogP contribution in [-0.2, 0) is 4.79 Å². The van der Waals surface area contributed by atoms with Gasteiger partial charge in [0.15, 0.2) is 0 Å². The van der Waals surface area contributed by atoms with Crippen LogP contribution in [0.3, 0.4) is 0 Å². The van der Waals surface area contributed by atoms with Crippen LogP contribution < -0.4 is 4.90 Å². The Morgan fingerprint density at radius 1 is 0.909 bits per heavy atom. The second-order valence-corrected chi connectivity index (χ2v) is 9.82. The zero-order valence-corrected chi connectivity index (χ0v) is 20.0. The Labute approximate surface area is 197 Å². The van der Waals surface area contributed by atoms with E-state index in [4.69, 9.17) is 0 Å². The van der Waals surface area contributed by atoms with E-state index in [9.17, 15) is 4.79 Å². The standard InChI is InChI=1S/C26H36N6O/c1-20-6-7-22(16-21(20)2)24-17-28-25(18-27-24)31-10-8-29(9-11-31)19-26(33)32-14-12-30(13-15-32)23-4-3-5-23/h6-7,16-18,23H,3-5,8-15,19H2,1-2H3. The molecule has 3 aliphatic rings. The first-order valence-corrected chi connectivity index (χ1v) is 12.5. The van der Waals surface area contributed by atoms with Crippen molar-refractivity contribution in [2.45, 2.75) is 39.2 Å². The Bertz CT molecular complexity index is 957. The number of amides is 1. The SMILES string of the molecule is Cc1ccc(-c2cnc(N3CCN(CC(=O)N4CCN(C5CCC5)CC4)CC3)cn2)cc1C. The number of hydrogen-bond acceptors (Lipinski definition) is 6. The fourth-order valence-corrected chi connectivity index (χ4v) is 5.05. The normalized spacial score (nSPS) is 20.7. The fraction of sp³-hybridized carbons (Fsp3) is 0.577. The predicted octanol–water partition coefficient (Wildman–Crippen LogP) is 2.58. The van der Waals surface area contributed by atoms with Gasteiger partial charge in [0.25, 0.3) is 0 Å². The summed E-state index contributed by atoms with van der Waals surface area (Å²) in [5.41, 5.74) is 4.57. The highest BCUT2D eigenvalue weighted by atomic mass is 16.2. The van der Waals surface area contributed by atoms with Gasteiger partial charge >= 0.3 is 0 Å². The van der Waals surface area contributed by atoms with Crippen LogP contribution in [0.25, 0.3) is 11.3 Å². The zero-order chi connectivity index (χ0) is 22.8.